The highest BCUT2D eigenvalue weighted by Crippen LogP contribution is 2.77. The van der Waals surface area contributed by atoms with Crippen LogP contribution in [0.15, 0.2) is 36.0 Å². The molecular formula is C32H40O8. The number of carbonyl (C=O) groups is 3. The summed E-state index contributed by atoms with van der Waals surface area (Å²) >= 11 is 0. The van der Waals surface area contributed by atoms with E-state index in [1.165, 1.54) is 7.11 Å². The molecule has 0 aromatic rings. The van der Waals surface area contributed by atoms with Gasteiger partial charge >= 0.3 is 17.9 Å². The van der Waals surface area contributed by atoms with Crippen LogP contribution < -0.4 is 0 Å². The van der Waals surface area contributed by atoms with Crippen LogP contribution in [-0.4, -0.2) is 60.1 Å². The molecule has 0 radical (unpaired) electrons. The Morgan fingerprint density at radius 3 is 2.77 bits per heavy atom. The molecule has 0 amide bonds. The van der Waals surface area contributed by atoms with Crippen molar-refractivity contribution in [3.8, 4) is 12.3 Å². The molecule has 9 atom stereocenters. The number of hydrogen-bond acceptors (Lipinski definition) is 8. The van der Waals surface area contributed by atoms with Crippen molar-refractivity contribution in [3.63, 3.8) is 0 Å². The number of rotatable bonds is 9. The van der Waals surface area contributed by atoms with Gasteiger partial charge in [0.2, 0.25) is 0 Å². The standard InChI is InChI=1S/C32H40O8/c1-7-8-9-10-15-38-26(33)21(16-19(2)3)39-23-12-14-32-22-11-13-31(36)18-30(22,17-20(31)4)24(27(34)37-6)25(32)29(23,5)28(35)40-32/h1,12,14,16,21-25,36H,4,8-11,13,15,17-18H2,2-3,5-6H3/t21?,22?,23-,24+,25?,29+,30-,31-,32+/m0/s1. The van der Waals surface area contributed by atoms with Crippen molar-refractivity contribution in [3.05, 3.63) is 36.0 Å². The Bertz CT molecular complexity index is 1220. The number of hydrogen-bond donors (Lipinski definition) is 1. The molecule has 5 rings (SSSR count). The van der Waals surface area contributed by atoms with Crippen LogP contribution in [0.5, 0.6) is 0 Å². The van der Waals surface area contributed by atoms with Crippen LogP contribution in [0.1, 0.15) is 65.7 Å². The minimum Gasteiger partial charge on any atom is -0.469 e. The minimum absolute atomic E-state index is 0.182. The Morgan fingerprint density at radius 2 is 2.10 bits per heavy atom. The lowest BCUT2D eigenvalue weighted by Gasteiger charge is -2.44. The van der Waals surface area contributed by atoms with Crippen LogP contribution in [0.2, 0.25) is 0 Å². The number of carbonyl (C=O) groups excluding carboxylic acids is 3. The monoisotopic (exact) mass is 552 g/mol. The van der Waals surface area contributed by atoms with Gasteiger partial charge in [0.15, 0.2) is 6.10 Å². The third-order valence-corrected chi connectivity index (χ3v) is 10.2. The van der Waals surface area contributed by atoms with Gasteiger partial charge in [-0.15, -0.1) is 12.3 Å². The Kier molecular flexibility index (Phi) is 7.07. The molecule has 3 saturated carbocycles. The first-order chi connectivity index (χ1) is 18.9. The average molecular weight is 553 g/mol. The van der Waals surface area contributed by atoms with E-state index in [1.807, 2.05) is 26.0 Å². The van der Waals surface area contributed by atoms with Crippen LogP contribution in [0.25, 0.3) is 0 Å². The summed E-state index contributed by atoms with van der Waals surface area (Å²) in [5, 5.41) is 11.4. The zero-order valence-electron chi connectivity index (χ0n) is 23.9. The quantitative estimate of drug-likeness (QED) is 0.151. The van der Waals surface area contributed by atoms with E-state index < -0.39 is 64.0 Å². The van der Waals surface area contributed by atoms with Crippen molar-refractivity contribution in [2.24, 2.45) is 28.6 Å². The van der Waals surface area contributed by atoms with Gasteiger partial charge in [0.25, 0.3) is 0 Å². The predicted molar refractivity (Wildman–Crippen MR) is 145 cm³/mol. The topological polar surface area (TPSA) is 108 Å². The second-order valence-electron chi connectivity index (χ2n) is 12.7. The third-order valence-electron chi connectivity index (χ3n) is 10.2. The number of esters is 3. The van der Waals surface area contributed by atoms with Crippen LogP contribution in [0.4, 0.5) is 0 Å². The fourth-order valence-electron chi connectivity index (χ4n) is 8.62. The molecular weight excluding hydrogens is 512 g/mol. The molecule has 1 aliphatic heterocycles. The molecule has 1 spiro atoms. The number of allylic oxidation sites excluding steroid dienone is 1. The van der Waals surface area contributed by atoms with Gasteiger partial charge in [-0.3, -0.25) is 9.59 Å². The van der Waals surface area contributed by atoms with Crippen LogP contribution in [0, 0.1) is 40.9 Å². The third kappa shape index (κ3) is 3.92. The maximum absolute atomic E-state index is 13.8. The van der Waals surface area contributed by atoms with Gasteiger partial charge in [-0.1, -0.05) is 18.2 Å². The molecule has 216 valence electrons. The fourth-order valence-corrected chi connectivity index (χ4v) is 8.62. The largest absolute Gasteiger partial charge is 0.469 e. The van der Waals surface area contributed by atoms with Crippen molar-refractivity contribution in [1.82, 2.24) is 0 Å². The van der Waals surface area contributed by atoms with Gasteiger partial charge in [0.05, 0.1) is 31.3 Å². The highest BCUT2D eigenvalue weighted by molar-refractivity contribution is 5.87. The summed E-state index contributed by atoms with van der Waals surface area (Å²) in [5.41, 5.74) is -2.43. The van der Waals surface area contributed by atoms with E-state index in [2.05, 4.69) is 12.5 Å². The van der Waals surface area contributed by atoms with Gasteiger partial charge in [-0.05, 0) is 82.4 Å². The Balaban J connectivity index is 1.50. The normalized spacial score (nSPS) is 40.9. The van der Waals surface area contributed by atoms with Gasteiger partial charge in [-0.25, -0.2) is 4.79 Å². The summed E-state index contributed by atoms with van der Waals surface area (Å²) in [7, 11) is 1.35. The Labute approximate surface area is 236 Å². The second-order valence-corrected chi connectivity index (χ2v) is 12.7. The summed E-state index contributed by atoms with van der Waals surface area (Å²) in [6.45, 7) is 9.86. The van der Waals surface area contributed by atoms with Crippen molar-refractivity contribution >= 4 is 17.9 Å². The first-order valence-corrected chi connectivity index (χ1v) is 14.2. The number of terminal acetylenes is 1. The summed E-state index contributed by atoms with van der Waals surface area (Å²) in [6.07, 6.45) is 12.7. The van der Waals surface area contributed by atoms with E-state index >= 15 is 0 Å². The van der Waals surface area contributed by atoms with E-state index in [9.17, 15) is 19.5 Å². The highest BCUT2D eigenvalue weighted by Gasteiger charge is 2.84. The SMILES string of the molecule is C#CCCCCOC(=O)C(C=C(C)C)O[C@H]1C=C[C@]23OC(=O)[C@@]1(C)C2[C@H](C(=O)OC)[C@]12CC(=C)[C@](O)(CCC31)C2. The molecule has 0 aromatic heterocycles. The lowest BCUT2D eigenvalue weighted by molar-refractivity contribution is -0.172. The van der Waals surface area contributed by atoms with Crippen molar-refractivity contribution < 1.29 is 38.4 Å². The van der Waals surface area contributed by atoms with Gasteiger partial charge in [0, 0.05) is 18.3 Å². The molecule has 1 saturated heterocycles. The molecule has 4 fully saturated rings. The first-order valence-electron chi connectivity index (χ1n) is 14.2. The molecule has 1 N–H and O–H groups in total. The fraction of sp³-hybridized carbons (Fsp3) is 0.656. The number of unbranched alkanes of at least 4 members (excludes halogenated alkanes) is 2. The van der Waals surface area contributed by atoms with Gasteiger partial charge in [0.1, 0.15) is 11.0 Å². The summed E-state index contributed by atoms with van der Waals surface area (Å²) in [4.78, 5) is 40.5. The van der Waals surface area contributed by atoms with Crippen LogP contribution >= 0.6 is 0 Å². The number of aliphatic hydroxyl groups is 1. The van der Waals surface area contributed by atoms with Gasteiger partial charge in [-0.2, -0.15) is 0 Å². The van der Waals surface area contributed by atoms with Crippen molar-refractivity contribution in [1.29, 1.82) is 0 Å². The van der Waals surface area contributed by atoms with E-state index in [0.29, 0.717) is 38.5 Å². The van der Waals surface area contributed by atoms with E-state index in [1.54, 1.807) is 13.0 Å². The Morgan fingerprint density at radius 1 is 1.35 bits per heavy atom. The van der Waals surface area contributed by atoms with E-state index in [4.69, 9.17) is 25.4 Å². The number of fused-ring (bicyclic) bond motifs is 1. The molecule has 0 aromatic carbocycles. The molecule has 8 heteroatoms. The van der Waals surface area contributed by atoms with Crippen LogP contribution in [0.3, 0.4) is 0 Å². The molecule has 40 heavy (non-hydrogen) atoms. The van der Waals surface area contributed by atoms with E-state index in [0.717, 1.165) is 17.6 Å². The molecule has 4 aliphatic carbocycles. The maximum atomic E-state index is 13.8. The molecule has 5 aliphatic rings. The second kappa shape index (κ2) is 9.88. The highest BCUT2D eigenvalue weighted by atomic mass is 16.6. The summed E-state index contributed by atoms with van der Waals surface area (Å²) < 4.78 is 23.5. The average Bonchev–Trinajstić information content (AvgIpc) is 3.32. The minimum atomic E-state index is -1.28. The smallest absolute Gasteiger partial charge is 0.339 e. The number of ether oxygens (including phenoxy) is 4. The van der Waals surface area contributed by atoms with Gasteiger partial charge < -0.3 is 24.1 Å². The lowest BCUT2D eigenvalue weighted by atomic mass is 9.61. The molecule has 3 unspecified atom stereocenters. The first kappa shape index (κ1) is 28.6. The zero-order valence-corrected chi connectivity index (χ0v) is 23.9. The summed E-state index contributed by atoms with van der Waals surface area (Å²) in [6, 6.07) is 0. The molecule has 8 nitrogen and oxygen atoms in total. The summed E-state index contributed by atoms with van der Waals surface area (Å²) in [5.74, 6) is -0.373. The van der Waals surface area contributed by atoms with E-state index in [-0.39, 0.29) is 12.5 Å². The van der Waals surface area contributed by atoms with Crippen molar-refractivity contribution in [2.75, 3.05) is 13.7 Å². The Hall–Kier alpha value is -2.89. The lowest BCUT2D eigenvalue weighted by Crippen LogP contribution is -2.53. The molecule has 4 bridgehead atoms. The molecule has 1 heterocycles. The number of methoxy groups -OCH3 is 1. The zero-order chi connectivity index (χ0) is 29.1. The van der Waals surface area contributed by atoms with Crippen molar-refractivity contribution in [2.45, 2.75) is 89.1 Å². The predicted octanol–water partition coefficient (Wildman–Crippen LogP) is 3.82. The van der Waals surface area contributed by atoms with Crippen LogP contribution in [-0.2, 0) is 33.3 Å². The maximum Gasteiger partial charge on any atom is 0.339 e.